The minimum atomic E-state index is -0.234. The minimum Gasteiger partial charge on any atom is -0.497 e. The molecule has 4 heterocycles. The van der Waals surface area contributed by atoms with E-state index in [0.717, 1.165) is 21.5 Å². The number of para-hydroxylation sites is 1. The molecule has 0 saturated heterocycles. The fourth-order valence-electron chi connectivity index (χ4n) is 4.76. The number of methoxy groups -OCH3 is 2. The molecule has 0 aliphatic heterocycles. The van der Waals surface area contributed by atoms with Crippen molar-refractivity contribution < 1.29 is 9.47 Å². The van der Waals surface area contributed by atoms with Crippen LogP contribution in [0.15, 0.2) is 82.4 Å². The predicted molar refractivity (Wildman–Crippen MR) is 152 cm³/mol. The van der Waals surface area contributed by atoms with Gasteiger partial charge < -0.3 is 14.0 Å². The van der Waals surface area contributed by atoms with Crippen molar-refractivity contribution in [3.8, 4) is 16.8 Å². The van der Waals surface area contributed by atoms with Crippen LogP contribution in [0.2, 0.25) is 0 Å². The molecule has 0 unspecified atom stereocenters. The van der Waals surface area contributed by atoms with E-state index in [2.05, 4.69) is 4.98 Å². The molecule has 39 heavy (non-hydrogen) atoms. The molecular formula is C29H25N5O4S. The highest BCUT2D eigenvalue weighted by atomic mass is 32.1. The monoisotopic (exact) mass is 539 g/mol. The molecule has 0 N–H and O–H groups in total. The molecule has 10 heteroatoms. The molecule has 0 fully saturated rings. The number of hydrogen-bond donors (Lipinski definition) is 0. The fraction of sp³-hybridized carbons (Fsp3) is 0.172. The quantitative estimate of drug-likeness (QED) is 0.299. The largest absolute Gasteiger partial charge is 0.497 e. The van der Waals surface area contributed by atoms with E-state index in [4.69, 9.17) is 14.5 Å². The van der Waals surface area contributed by atoms with E-state index in [0.29, 0.717) is 39.8 Å². The molecule has 0 saturated carbocycles. The van der Waals surface area contributed by atoms with Gasteiger partial charge in [-0.15, -0.1) is 0 Å². The van der Waals surface area contributed by atoms with Gasteiger partial charge in [-0.05, 0) is 42.8 Å². The summed E-state index contributed by atoms with van der Waals surface area (Å²) < 4.78 is 16.5. The van der Waals surface area contributed by atoms with Crippen LogP contribution in [0, 0.1) is 6.92 Å². The van der Waals surface area contributed by atoms with Gasteiger partial charge in [0.1, 0.15) is 5.75 Å². The molecule has 0 bridgehead atoms. The van der Waals surface area contributed by atoms with Crippen molar-refractivity contribution in [3.05, 3.63) is 110 Å². The van der Waals surface area contributed by atoms with Gasteiger partial charge in [0.05, 0.1) is 54.1 Å². The van der Waals surface area contributed by atoms with Crippen molar-refractivity contribution in [1.82, 2.24) is 23.9 Å². The van der Waals surface area contributed by atoms with Gasteiger partial charge >= 0.3 is 0 Å². The van der Waals surface area contributed by atoms with Crippen molar-refractivity contribution in [2.75, 3.05) is 14.2 Å². The Labute approximate surface area is 227 Å². The Balaban J connectivity index is 1.57. The van der Waals surface area contributed by atoms with E-state index in [1.54, 1.807) is 36.5 Å². The number of pyridine rings is 2. The molecule has 4 aromatic heterocycles. The van der Waals surface area contributed by atoms with Crippen LogP contribution in [0.25, 0.3) is 26.3 Å². The van der Waals surface area contributed by atoms with Crippen LogP contribution in [-0.2, 0) is 13.1 Å². The number of aromatic nitrogens is 5. The van der Waals surface area contributed by atoms with Crippen molar-refractivity contribution in [2.24, 2.45) is 0 Å². The number of ether oxygens (including phenoxy) is 2. The molecule has 0 atom stereocenters. The summed E-state index contributed by atoms with van der Waals surface area (Å²) in [5.41, 5.74) is 3.07. The van der Waals surface area contributed by atoms with Crippen molar-refractivity contribution in [2.45, 2.75) is 20.0 Å². The summed E-state index contributed by atoms with van der Waals surface area (Å²) in [7, 11) is 3.17. The van der Waals surface area contributed by atoms with E-state index >= 15 is 0 Å². The number of hydrogen-bond acceptors (Lipinski definition) is 7. The lowest BCUT2D eigenvalue weighted by Crippen LogP contribution is -2.24. The second-order valence-corrected chi connectivity index (χ2v) is 10.1. The van der Waals surface area contributed by atoms with Crippen LogP contribution in [0.1, 0.15) is 17.0 Å². The average molecular weight is 540 g/mol. The maximum Gasteiger partial charge on any atom is 0.283 e. The summed E-state index contributed by atoms with van der Waals surface area (Å²) in [6.07, 6.45) is 0. The van der Waals surface area contributed by atoms with Gasteiger partial charge in [0, 0.05) is 17.8 Å². The van der Waals surface area contributed by atoms with E-state index in [1.165, 1.54) is 17.4 Å². The number of fused-ring (bicyclic) bond motifs is 2. The summed E-state index contributed by atoms with van der Waals surface area (Å²) in [5, 5.41) is 1.00. The third kappa shape index (κ3) is 4.38. The molecule has 0 radical (unpaired) electrons. The molecule has 6 rings (SSSR count). The zero-order chi connectivity index (χ0) is 27.1. The summed E-state index contributed by atoms with van der Waals surface area (Å²) in [5.74, 6) is 1.20. The minimum absolute atomic E-state index is 0.210. The second kappa shape index (κ2) is 9.88. The Hall–Kier alpha value is -4.70. The topological polar surface area (TPSA) is 93.2 Å². The highest BCUT2D eigenvalue weighted by molar-refractivity contribution is 7.20. The molecule has 0 aliphatic carbocycles. The lowest BCUT2D eigenvalue weighted by Gasteiger charge is -2.13. The first kappa shape index (κ1) is 24.6. The molecule has 6 aromatic rings. The molecule has 196 valence electrons. The number of thiazole rings is 1. The normalized spacial score (nSPS) is 11.4. The molecule has 0 aliphatic rings. The zero-order valence-electron chi connectivity index (χ0n) is 21.6. The number of rotatable bonds is 7. The van der Waals surface area contributed by atoms with Crippen LogP contribution >= 0.6 is 11.3 Å². The standard InChI is InChI=1S/C29H25N5O4S/c1-18-27-23(15-26(35)32(18)17-20-7-6-10-25(30-20)38-3)33(16-19-11-13-21(37-2)14-12-19)34(28(27)36)29-31-22-8-4-5-9-24(22)39-29/h4-15H,16-17H2,1-3H3. The zero-order valence-corrected chi connectivity index (χ0v) is 22.4. The van der Waals surface area contributed by atoms with Crippen LogP contribution in [0.3, 0.4) is 0 Å². The van der Waals surface area contributed by atoms with Gasteiger partial charge in [-0.2, -0.15) is 4.68 Å². The van der Waals surface area contributed by atoms with Gasteiger partial charge in [-0.25, -0.2) is 9.97 Å². The third-order valence-corrected chi connectivity index (χ3v) is 7.75. The number of aryl methyl sites for hydroxylation is 1. The molecule has 2 aromatic carbocycles. The first-order valence-corrected chi connectivity index (χ1v) is 13.1. The SMILES string of the molecule is COc1ccc(Cn2c3cc(=O)n(Cc4cccc(OC)n4)c(C)c3c(=O)n2-c2nc3ccccc3s2)cc1. The maximum absolute atomic E-state index is 14.1. The van der Waals surface area contributed by atoms with Crippen LogP contribution in [0.5, 0.6) is 11.6 Å². The van der Waals surface area contributed by atoms with Gasteiger partial charge in [0.25, 0.3) is 11.1 Å². The first-order chi connectivity index (χ1) is 19.0. The molecule has 9 nitrogen and oxygen atoms in total. The number of nitrogens with zero attached hydrogens (tertiary/aromatic N) is 5. The van der Waals surface area contributed by atoms with E-state index in [-0.39, 0.29) is 17.7 Å². The predicted octanol–water partition coefficient (Wildman–Crippen LogP) is 4.38. The fourth-order valence-corrected chi connectivity index (χ4v) is 5.74. The van der Waals surface area contributed by atoms with Gasteiger partial charge in [0.2, 0.25) is 11.0 Å². The Kier molecular flexibility index (Phi) is 6.24. The molecule has 0 spiro atoms. The lowest BCUT2D eigenvalue weighted by atomic mass is 10.2. The first-order valence-electron chi connectivity index (χ1n) is 12.3. The summed E-state index contributed by atoms with van der Waals surface area (Å²) in [4.78, 5) is 36.7. The van der Waals surface area contributed by atoms with Crippen molar-refractivity contribution in [3.63, 3.8) is 0 Å². The Bertz CT molecular complexity index is 1920. The molecular weight excluding hydrogens is 514 g/mol. The van der Waals surface area contributed by atoms with Crippen molar-refractivity contribution >= 4 is 32.5 Å². The Morgan fingerprint density at radius 1 is 0.872 bits per heavy atom. The van der Waals surface area contributed by atoms with Gasteiger partial charge in [0.15, 0.2) is 0 Å². The molecule has 0 amide bonds. The summed E-state index contributed by atoms with van der Waals surface area (Å²) >= 11 is 1.43. The Morgan fingerprint density at radius 2 is 1.67 bits per heavy atom. The van der Waals surface area contributed by atoms with Gasteiger partial charge in [-0.1, -0.05) is 41.7 Å². The number of benzene rings is 2. The van der Waals surface area contributed by atoms with E-state index in [9.17, 15) is 9.59 Å². The second-order valence-electron chi connectivity index (χ2n) is 9.07. The van der Waals surface area contributed by atoms with Crippen molar-refractivity contribution in [1.29, 1.82) is 0 Å². The smallest absolute Gasteiger partial charge is 0.283 e. The summed E-state index contributed by atoms with van der Waals surface area (Å²) in [6, 6.07) is 22.3. The highest BCUT2D eigenvalue weighted by Crippen LogP contribution is 2.27. The van der Waals surface area contributed by atoms with E-state index in [1.807, 2.05) is 65.3 Å². The maximum atomic E-state index is 14.1. The third-order valence-electron chi connectivity index (χ3n) is 6.74. The average Bonchev–Trinajstić information content (AvgIpc) is 3.49. The Morgan fingerprint density at radius 3 is 2.41 bits per heavy atom. The van der Waals surface area contributed by atoms with E-state index < -0.39 is 0 Å². The summed E-state index contributed by atoms with van der Waals surface area (Å²) in [6.45, 7) is 2.37. The van der Waals surface area contributed by atoms with Crippen LogP contribution in [-0.4, -0.2) is 38.1 Å². The highest BCUT2D eigenvalue weighted by Gasteiger charge is 2.22. The van der Waals surface area contributed by atoms with Crippen LogP contribution in [0.4, 0.5) is 0 Å². The van der Waals surface area contributed by atoms with Crippen LogP contribution < -0.4 is 20.6 Å². The van der Waals surface area contributed by atoms with Gasteiger partial charge in [-0.3, -0.25) is 14.3 Å². The lowest BCUT2D eigenvalue weighted by molar-refractivity contribution is 0.395.